The van der Waals surface area contributed by atoms with Crippen LogP contribution in [0.2, 0.25) is 0 Å². The molecule has 0 atom stereocenters. The Balaban J connectivity index is -0.0000000400. The van der Waals surface area contributed by atoms with Gasteiger partial charge >= 0.3 is 46.9 Å². The van der Waals surface area contributed by atoms with E-state index >= 15 is 0 Å². The summed E-state index contributed by atoms with van der Waals surface area (Å²) in [6.45, 7) is 0. The van der Waals surface area contributed by atoms with E-state index in [-0.39, 0.29) is 46.9 Å². The predicted octanol–water partition coefficient (Wildman–Crippen LogP) is 0.501. The molecule has 0 saturated carbocycles. The van der Waals surface area contributed by atoms with Crippen molar-refractivity contribution >= 4 is 0 Å². The third kappa shape index (κ3) is 1160. The first-order chi connectivity index (χ1) is 2.83. The molecule has 0 N–H and O–H groups in total. The van der Waals surface area contributed by atoms with Gasteiger partial charge in [0.1, 0.15) is 0 Å². The second-order valence-electron chi connectivity index (χ2n) is 0.149. The van der Waals surface area contributed by atoms with Gasteiger partial charge in [-0.05, 0) is 0 Å². The van der Waals surface area contributed by atoms with Gasteiger partial charge in [-0.2, -0.15) is 0 Å². The molecule has 0 bridgehead atoms. The van der Waals surface area contributed by atoms with Crippen LogP contribution in [0.25, 0.3) is 0 Å². The van der Waals surface area contributed by atoms with Crippen molar-refractivity contribution in [3.63, 3.8) is 0 Å². The van der Waals surface area contributed by atoms with Crippen LogP contribution in [0.3, 0.4) is 0 Å². The zero-order chi connectivity index (χ0) is 5.41. The van der Waals surface area contributed by atoms with E-state index in [9.17, 15) is 0 Å². The van der Waals surface area contributed by atoms with Crippen molar-refractivity contribution in [1.82, 2.24) is 0 Å². The van der Waals surface area contributed by atoms with Crippen molar-refractivity contribution < 1.29 is 46.9 Å². The monoisotopic (exact) mass is 266 g/mol. The molecular weight excluding hydrogens is 265 g/mol. The Labute approximate surface area is 77.0 Å². The summed E-state index contributed by atoms with van der Waals surface area (Å²) >= 11 is 0. The molecule has 0 aliphatic heterocycles. The molecule has 0 amide bonds. The Morgan fingerprint density at radius 3 is 1.00 bits per heavy atom. The van der Waals surface area contributed by atoms with Crippen LogP contribution >= 0.6 is 0 Å². The molecule has 0 aliphatic carbocycles. The van der Waals surface area contributed by atoms with Crippen LogP contribution in [0.15, 0.2) is 10.7 Å². The Morgan fingerprint density at radius 2 is 1.00 bits per heavy atom. The summed E-state index contributed by atoms with van der Waals surface area (Å²) in [4.78, 5) is 16.0. The fourth-order valence-electron chi connectivity index (χ4n) is 0. The van der Waals surface area contributed by atoms with Crippen molar-refractivity contribution in [2.45, 2.75) is 0 Å². The summed E-state index contributed by atoms with van der Waals surface area (Å²) in [5.74, 6) is 0. The van der Waals surface area contributed by atoms with E-state index in [1.807, 2.05) is 0 Å². The molecule has 0 saturated heterocycles. The molecule has 0 aromatic heterocycles. The summed E-state index contributed by atoms with van der Waals surface area (Å²) in [5, 5.41) is 18.0. The molecule has 0 fully saturated rings. The molecule has 7 heteroatoms. The quantitative estimate of drug-likeness (QED) is 0.469. The molecular formula is N2O4Yb. The fourth-order valence-corrected chi connectivity index (χ4v) is 0. The van der Waals surface area contributed by atoms with E-state index in [1.165, 1.54) is 0 Å². The smallest absolute Gasteiger partial charge is 0.444 e. The minimum absolute atomic E-state index is 0. The van der Waals surface area contributed by atoms with Gasteiger partial charge in [0, 0.05) is 0 Å². The molecule has 0 spiro atoms. The molecule has 0 heterocycles. The van der Waals surface area contributed by atoms with E-state index in [4.69, 9.17) is 20.2 Å². The average molecular weight is 265 g/mol. The molecule has 6 nitrogen and oxygen atoms in total. The van der Waals surface area contributed by atoms with Gasteiger partial charge in [0.05, 0.1) is 0 Å². The van der Waals surface area contributed by atoms with Crippen molar-refractivity contribution in [3.8, 4) is 0 Å². The largest absolute Gasteiger partial charge is 2.00 e. The van der Waals surface area contributed by atoms with Crippen LogP contribution in [0, 0.1) is 67.2 Å². The van der Waals surface area contributed by atoms with Crippen LogP contribution < -0.4 is 0 Å². The van der Waals surface area contributed by atoms with Crippen molar-refractivity contribution in [2.75, 3.05) is 0 Å². The first kappa shape index (κ1) is 15.7. The second kappa shape index (κ2) is 33.2. The van der Waals surface area contributed by atoms with Crippen LogP contribution in [0.1, 0.15) is 0 Å². The molecule has 0 aliphatic rings. The first-order valence-corrected chi connectivity index (χ1v) is 0.730. The van der Waals surface area contributed by atoms with Crippen molar-refractivity contribution in [1.29, 1.82) is 0 Å². The van der Waals surface area contributed by atoms with Crippen molar-refractivity contribution in [2.24, 2.45) is 10.7 Å². The molecule has 0 aromatic rings. The van der Waals surface area contributed by atoms with Crippen LogP contribution in [-0.4, -0.2) is 0 Å². The predicted molar refractivity (Wildman–Crippen MR) is 18.3 cm³/mol. The van der Waals surface area contributed by atoms with Gasteiger partial charge in [0.2, 0.25) is 0 Å². The standard InChI is InChI=1S/2HNO2.Yb/c2*2-1-3;/h2*(H,2,3);/q;;+2/p-2. The van der Waals surface area contributed by atoms with E-state index in [1.54, 1.807) is 0 Å². The van der Waals surface area contributed by atoms with E-state index in [0.717, 1.165) is 10.7 Å². The maximum absolute atomic E-state index is 8.00. The fraction of sp³-hybridized carbons (Fsp3) is 0. The Hall–Kier alpha value is 0.319. The Kier molecular flexibility index (Phi) is 74.4. The molecule has 7 heavy (non-hydrogen) atoms. The second-order valence-corrected chi connectivity index (χ2v) is 0.149. The minimum atomic E-state index is 0. The SMILES string of the molecule is O=N[O-].O=N[O-].[Yb+2]. The number of rotatable bonds is 0. The molecule has 0 unspecified atom stereocenters. The normalized spacial score (nSPS) is 3.43. The van der Waals surface area contributed by atoms with Crippen molar-refractivity contribution in [3.05, 3.63) is 20.2 Å². The summed E-state index contributed by atoms with van der Waals surface area (Å²) in [6.07, 6.45) is 0. The van der Waals surface area contributed by atoms with Gasteiger partial charge < -0.3 is 20.2 Å². The maximum atomic E-state index is 8.00. The van der Waals surface area contributed by atoms with E-state index < -0.39 is 0 Å². The molecule has 0 aromatic carbocycles. The first-order valence-electron chi connectivity index (χ1n) is 0.730. The Morgan fingerprint density at radius 1 is 1.00 bits per heavy atom. The van der Waals surface area contributed by atoms with Crippen LogP contribution in [0.5, 0.6) is 0 Å². The van der Waals surface area contributed by atoms with E-state index in [0.29, 0.717) is 0 Å². The van der Waals surface area contributed by atoms with Gasteiger partial charge in [-0.15, -0.1) is 10.7 Å². The van der Waals surface area contributed by atoms with Gasteiger partial charge in [0.15, 0.2) is 0 Å². The number of nitrogens with zero attached hydrogens (tertiary/aromatic N) is 2. The third-order valence-electron chi connectivity index (χ3n) is 0. The van der Waals surface area contributed by atoms with Crippen LogP contribution in [-0.2, 0) is 0 Å². The molecule has 48 valence electrons. The summed E-state index contributed by atoms with van der Waals surface area (Å²) < 4.78 is 0. The molecule has 0 rings (SSSR count). The zero-order valence-corrected chi connectivity index (χ0v) is 4.51. The van der Waals surface area contributed by atoms with Gasteiger partial charge in [0.25, 0.3) is 0 Å². The minimum Gasteiger partial charge on any atom is -0.444 e. The van der Waals surface area contributed by atoms with E-state index in [2.05, 4.69) is 0 Å². The van der Waals surface area contributed by atoms with Crippen LogP contribution in [0.4, 0.5) is 0 Å². The zero-order valence-electron chi connectivity index (χ0n) is 2.79. The Bertz CT molecular complexity index is 30.7. The number of hydrogen-bond donors (Lipinski definition) is 0. The topological polar surface area (TPSA) is 105 Å². The summed E-state index contributed by atoms with van der Waals surface area (Å²) in [6, 6.07) is 0. The average Bonchev–Trinajstić information content (AvgIpc) is 1.39. The summed E-state index contributed by atoms with van der Waals surface area (Å²) in [7, 11) is 0. The van der Waals surface area contributed by atoms with Gasteiger partial charge in [-0.3, -0.25) is 0 Å². The van der Waals surface area contributed by atoms with Gasteiger partial charge in [-0.1, -0.05) is 0 Å². The third-order valence-corrected chi connectivity index (χ3v) is 0. The van der Waals surface area contributed by atoms with Gasteiger partial charge in [-0.25, -0.2) is 0 Å². The maximum Gasteiger partial charge on any atom is 2.00 e. The number of hydrogen-bond acceptors (Lipinski definition) is 6. The molecule has 0 radical (unpaired) electrons. The summed E-state index contributed by atoms with van der Waals surface area (Å²) in [5.41, 5.74) is 0.